The number of hydrogen-bond acceptors (Lipinski definition) is 1. The van der Waals surface area contributed by atoms with Crippen LogP contribution in [-0.2, 0) is 0 Å². The van der Waals surface area contributed by atoms with Gasteiger partial charge in [-0.1, -0.05) is 56.7 Å². The zero-order chi connectivity index (χ0) is 12.3. The summed E-state index contributed by atoms with van der Waals surface area (Å²) in [5.74, 6) is 7.11. The van der Waals surface area contributed by atoms with Crippen LogP contribution >= 0.6 is 0 Å². The van der Waals surface area contributed by atoms with Crippen molar-refractivity contribution >= 4 is 0 Å². The van der Waals surface area contributed by atoms with Crippen LogP contribution in [0, 0.1) is 17.8 Å². The van der Waals surface area contributed by atoms with Crippen molar-refractivity contribution in [3.05, 3.63) is 35.9 Å². The summed E-state index contributed by atoms with van der Waals surface area (Å²) in [6, 6.07) is 10.1. The lowest BCUT2D eigenvalue weighted by Crippen LogP contribution is -2.15. The highest BCUT2D eigenvalue weighted by atomic mass is 14.8. The van der Waals surface area contributed by atoms with E-state index in [0.29, 0.717) is 0 Å². The van der Waals surface area contributed by atoms with Crippen LogP contribution in [0.25, 0.3) is 0 Å². The minimum Gasteiger partial charge on any atom is -0.306 e. The summed E-state index contributed by atoms with van der Waals surface area (Å²) in [5.41, 5.74) is 1.09. The molecule has 0 fully saturated rings. The van der Waals surface area contributed by atoms with Crippen LogP contribution in [0.15, 0.2) is 30.3 Å². The predicted octanol–water partition coefficient (Wildman–Crippen LogP) is 3.45. The zero-order valence-electron chi connectivity index (χ0n) is 11.0. The normalized spacial score (nSPS) is 10.1. The van der Waals surface area contributed by atoms with E-state index in [0.717, 1.165) is 24.6 Å². The van der Waals surface area contributed by atoms with Crippen molar-refractivity contribution in [1.29, 1.82) is 0 Å². The Morgan fingerprint density at radius 1 is 1.12 bits per heavy atom. The summed E-state index contributed by atoms with van der Waals surface area (Å²) in [5, 5.41) is 3.36. The highest BCUT2D eigenvalue weighted by Gasteiger charge is 1.92. The SMILES string of the molecule is CC(C)CCCCNCC#Cc1ccccc1. The third kappa shape index (κ3) is 7.60. The van der Waals surface area contributed by atoms with E-state index >= 15 is 0 Å². The van der Waals surface area contributed by atoms with Crippen LogP contribution in [0.5, 0.6) is 0 Å². The molecule has 0 aliphatic rings. The second-order valence-corrected chi connectivity index (χ2v) is 4.73. The smallest absolute Gasteiger partial charge is 0.0580 e. The van der Waals surface area contributed by atoms with Crippen LogP contribution in [0.4, 0.5) is 0 Å². The van der Waals surface area contributed by atoms with Gasteiger partial charge in [-0.25, -0.2) is 0 Å². The van der Waals surface area contributed by atoms with Crippen LogP contribution in [-0.4, -0.2) is 13.1 Å². The monoisotopic (exact) mass is 229 g/mol. The average molecular weight is 229 g/mol. The van der Waals surface area contributed by atoms with Gasteiger partial charge in [0.25, 0.3) is 0 Å². The van der Waals surface area contributed by atoms with Crippen molar-refractivity contribution < 1.29 is 0 Å². The molecule has 1 aromatic rings. The van der Waals surface area contributed by atoms with E-state index < -0.39 is 0 Å². The summed E-state index contributed by atoms with van der Waals surface area (Å²) >= 11 is 0. The van der Waals surface area contributed by atoms with Crippen molar-refractivity contribution in [1.82, 2.24) is 5.32 Å². The number of hydrogen-bond donors (Lipinski definition) is 1. The molecule has 0 spiro atoms. The van der Waals surface area contributed by atoms with Gasteiger partial charge in [0.2, 0.25) is 0 Å². The molecule has 0 unspecified atom stereocenters. The Labute approximate surface area is 106 Å². The lowest BCUT2D eigenvalue weighted by Gasteiger charge is -2.03. The summed E-state index contributed by atoms with van der Waals surface area (Å²) < 4.78 is 0. The molecule has 0 aliphatic heterocycles. The maximum atomic E-state index is 3.36. The summed E-state index contributed by atoms with van der Waals surface area (Å²) in [7, 11) is 0. The molecule has 0 radical (unpaired) electrons. The molecule has 0 aliphatic carbocycles. The van der Waals surface area contributed by atoms with Crippen molar-refractivity contribution in [2.75, 3.05) is 13.1 Å². The van der Waals surface area contributed by atoms with Gasteiger partial charge in [0.1, 0.15) is 0 Å². The molecule has 17 heavy (non-hydrogen) atoms. The molecular weight excluding hydrogens is 206 g/mol. The Hall–Kier alpha value is -1.26. The second-order valence-electron chi connectivity index (χ2n) is 4.73. The zero-order valence-corrected chi connectivity index (χ0v) is 11.0. The Morgan fingerprint density at radius 2 is 1.88 bits per heavy atom. The maximum absolute atomic E-state index is 3.36. The first-order chi connectivity index (χ1) is 8.29. The maximum Gasteiger partial charge on any atom is 0.0580 e. The van der Waals surface area contributed by atoms with E-state index in [9.17, 15) is 0 Å². The predicted molar refractivity (Wildman–Crippen MR) is 74.9 cm³/mol. The van der Waals surface area contributed by atoms with Gasteiger partial charge in [-0.3, -0.25) is 0 Å². The van der Waals surface area contributed by atoms with Crippen LogP contribution in [0.1, 0.15) is 38.7 Å². The molecule has 1 N–H and O–H groups in total. The van der Waals surface area contributed by atoms with Gasteiger partial charge in [0.15, 0.2) is 0 Å². The fourth-order valence-corrected chi connectivity index (χ4v) is 1.62. The van der Waals surface area contributed by atoms with Crippen LogP contribution in [0.2, 0.25) is 0 Å². The number of nitrogens with one attached hydrogen (secondary N) is 1. The largest absolute Gasteiger partial charge is 0.306 e. The lowest BCUT2D eigenvalue weighted by molar-refractivity contribution is 0.527. The molecule has 1 aromatic carbocycles. The molecule has 0 aromatic heterocycles. The Morgan fingerprint density at radius 3 is 2.59 bits per heavy atom. The van der Waals surface area contributed by atoms with E-state index in [1.165, 1.54) is 19.3 Å². The highest BCUT2D eigenvalue weighted by molar-refractivity contribution is 5.33. The summed E-state index contributed by atoms with van der Waals surface area (Å²) in [6.07, 6.45) is 3.90. The topological polar surface area (TPSA) is 12.0 Å². The fourth-order valence-electron chi connectivity index (χ4n) is 1.62. The molecule has 1 nitrogen and oxygen atoms in total. The first kappa shape index (κ1) is 13.8. The Bertz CT molecular complexity index is 343. The molecule has 92 valence electrons. The van der Waals surface area contributed by atoms with Gasteiger partial charge in [-0.2, -0.15) is 0 Å². The molecule has 0 heterocycles. The molecule has 0 bridgehead atoms. The quantitative estimate of drug-likeness (QED) is 0.582. The minimum absolute atomic E-state index is 0.788. The number of rotatable bonds is 6. The highest BCUT2D eigenvalue weighted by Crippen LogP contribution is 2.04. The van der Waals surface area contributed by atoms with Gasteiger partial charge >= 0.3 is 0 Å². The molecule has 0 saturated carbocycles. The van der Waals surface area contributed by atoms with Crippen molar-refractivity contribution in [3.8, 4) is 11.8 Å². The molecule has 0 amide bonds. The van der Waals surface area contributed by atoms with Gasteiger partial charge < -0.3 is 5.32 Å². The summed E-state index contributed by atoms with van der Waals surface area (Å²) in [4.78, 5) is 0. The van der Waals surface area contributed by atoms with E-state index in [1.54, 1.807) is 0 Å². The van der Waals surface area contributed by atoms with Crippen LogP contribution < -0.4 is 5.32 Å². The third-order valence-electron chi connectivity index (χ3n) is 2.60. The van der Waals surface area contributed by atoms with E-state index in [4.69, 9.17) is 0 Å². The van der Waals surface area contributed by atoms with Crippen molar-refractivity contribution in [2.45, 2.75) is 33.1 Å². The van der Waals surface area contributed by atoms with Crippen LogP contribution in [0.3, 0.4) is 0 Å². The van der Waals surface area contributed by atoms with Gasteiger partial charge in [-0.15, -0.1) is 0 Å². The Kier molecular flexibility index (Phi) is 7.18. The summed E-state index contributed by atoms with van der Waals surface area (Å²) in [6.45, 7) is 6.42. The van der Waals surface area contributed by atoms with Crippen molar-refractivity contribution in [2.24, 2.45) is 5.92 Å². The molecule has 0 atom stereocenters. The standard InChI is InChI=1S/C16H23N/c1-15(2)9-6-7-13-17-14-8-12-16-10-4-3-5-11-16/h3-5,10-11,15,17H,6-7,9,13-14H2,1-2H3. The first-order valence-electron chi connectivity index (χ1n) is 6.53. The Balaban J connectivity index is 2.03. The molecule has 0 saturated heterocycles. The van der Waals surface area contributed by atoms with Gasteiger partial charge in [0.05, 0.1) is 6.54 Å². The molecule has 1 heteroatoms. The molecule has 1 rings (SSSR count). The van der Waals surface area contributed by atoms with Crippen molar-refractivity contribution in [3.63, 3.8) is 0 Å². The van der Waals surface area contributed by atoms with E-state index in [2.05, 4.69) is 31.0 Å². The third-order valence-corrected chi connectivity index (χ3v) is 2.60. The molecular formula is C16H23N. The second kappa shape index (κ2) is 8.84. The average Bonchev–Trinajstić information content (AvgIpc) is 2.33. The van der Waals surface area contributed by atoms with Gasteiger partial charge in [0, 0.05) is 5.56 Å². The number of benzene rings is 1. The number of unbranched alkanes of at least 4 members (excludes halogenated alkanes) is 1. The minimum atomic E-state index is 0.788. The van der Waals surface area contributed by atoms with E-state index in [1.807, 2.05) is 30.3 Å². The van der Waals surface area contributed by atoms with E-state index in [-0.39, 0.29) is 0 Å². The van der Waals surface area contributed by atoms with Gasteiger partial charge in [-0.05, 0) is 31.0 Å². The fraction of sp³-hybridized carbons (Fsp3) is 0.500. The lowest BCUT2D eigenvalue weighted by atomic mass is 10.1. The first-order valence-corrected chi connectivity index (χ1v) is 6.53.